The fourth-order valence-corrected chi connectivity index (χ4v) is 5.30. The van der Waals surface area contributed by atoms with Gasteiger partial charge < -0.3 is 29.9 Å². The normalized spacial score (nSPS) is 22.6. The first-order valence-electron chi connectivity index (χ1n) is 14.1. The summed E-state index contributed by atoms with van der Waals surface area (Å²) in [4.78, 5) is 43.2. The Morgan fingerprint density at radius 1 is 1.26 bits per heavy atom. The average molecular weight is 529 g/mol. The Balaban J connectivity index is 1.52. The van der Waals surface area contributed by atoms with Crippen LogP contribution in [0.4, 0.5) is 11.4 Å². The van der Waals surface area contributed by atoms with E-state index in [1.165, 1.54) is 0 Å². The number of benzene rings is 1. The summed E-state index contributed by atoms with van der Waals surface area (Å²) in [6.07, 6.45) is 4.59. The third-order valence-corrected chi connectivity index (χ3v) is 7.53. The van der Waals surface area contributed by atoms with Gasteiger partial charge in [0.05, 0.1) is 11.6 Å². The molecule has 2 atom stereocenters. The molecule has 3 aliphatic rings. The van der Waals surface area contributed by atoms with Crippen molar-refractivity contribution in [2.45, 2.75) is 83.9 Å². The van der Waals surface area contributed by atoms with Crippen LogP contribution in [0.3, 0.4) is 0 Å². The van der Waals surface area contributed by atoms with Crippen molar-refractivity contribution >= 4 is 29.1 Å². The van der Waals surface area contributed by atoms with Crippen LogP contribution < -0.4 is 25.2 Å². The van der Waals surface area contributed by atoms with Crippen LogP contribution >= 0.6 is 0 Å². The monoisotopic (exact) mass is 528 g/mol. The molecule has 4 rings (SSSR count). The number of carbonyl (C=O) groups is 3. The molecular weight excluding hydrogens is 484 g/mol. The van der Waals surface area contributed by atoms with Crippen LogP contribution in [0.5, 0.6) is 5.75 Å². The van der Waals surface area contributed by atoms with E-state index < -0.39 is 5.60 Å². The molecule has 0 radical (unpaired) electrons. The van der Waals surface area contributed by atoms with Gasteiger partial charge in [0.15, 0.2) is 5.60 Å². The number of ether oxygens (including phenoxy) is 2. The molecule has 38 heavy (non-hydrogen) atoms. The van der Waals surface area contributed by atoms with Gasteiger partial charge in [0.2, 0.25) is 11.8 Å². The van der Waals surface area contributed by atoms with Gasteiger partial charge in [-0.1, -0.05) is 13.8 Å². The summed E-state index contributed by atoms with van der Waals surface area (Å²) >= 11 is 0. The molecule has 9 nitrogen and oxygen atoms in total. The number of rotatable bonds is 11. The number of methoxy groups -OCH3 is 1. The lowest BCUT2D eigenvalue weighted by Crippen LogP contribution is -2.53. The van der Waals surface area contributed by atoms with Crippen LogP contribution in [0.2, 0.25) is 0 Å². The van der Waals surface area contributed by atoms with Gasteiger partial charge in [0.1, 0.15) is 5.75 Å². The quantitative estimate of drug-likeness (QED) is 0.428. The van der Waals surface area contributed by atoms with Crippen LogP contribution in [0.1, 0.15) is 66.2 Å². The lowest BCUT2D eigenvalue weighted by atomic mass is 9.93. The molecule has 0 aromatic heterocycles. The van der Waals surface area contributed by atoms with Crippen LogP contribution in [0.25, 0.3) is 0 Å². The molecule has 1 aromatic rings. The Morgan fingerprint density at radius 3 is 2.71 bits per heavy atom. The van der Waals surface area contributed by atoms with Crippen LogP contribution in [-0.2, 0) is 19.1 Å². The zero-order valence-corrected chi connectivity index (χ0v) is 23.5. The van der Waals surface area contributed by atoms with E-state index in [9.17, 15) is 14.4 Å². The largest absolute Gasteiger partial charge is 0.476 e. The lowest BCUT2D eigenvalue weighted by Gasteiger charge is -2.40. The zero-order valence-electron chi connectivity index (χ0n) is 23.5. The molecule has 1 saturated heterocycles. The van der Waals surface area contributed by atoms with Crippen molar-refractivity contribution in [3.05, 3.63) is 18.2 Å². The summed E-state index contributed by atoms with van der Waals surface area (Å²) < 4.78 is 11.3. The number of nitrogens with one attached hydrogen (secondary N) is 2. The predicted octanol–water partition coefficient (Wildman–Crippen LogP) is 3.25. The summed E-state index contributed by atoms with van der Waals surface area (Å²) in [6, 6.07) is 5.82. The summed E-state index contributed by atoms with van der Waals surface area (Å²) in [5.74, 6) is 0.901. The summed E-state index contributed by atoms with van der Waals surface area (Å²) in [5.41, 5.74) is 0.515. The van der Waals surface area contributed by atoms with Crippen molar-refractivity contribution in [3.63, 3.8) is 0 Å². The third kappa shape index (κ3) is 6.67. The lowest BCUT2D eigenvalue weighted by molar-refractivity contribution is -0.132. The van der Waals surface area contributed by atoms with E-state index in [1.54, 1.807) is 25.9 Å². The first-order valence-corrected chi connectivity index (χ1v) is 14.1. The topological polar surface area (TPSA) is 100 Å². The molecule has 2 heterocycles. The fourth-order valence-electron chi connectivity index (χ4n) is 5.30. The molecule has 1 aromatic carbocycles. The maximum absolute atomic E-state index is 13.9. The SMILES string of the molecule is COCCCN1C(=O)C(C)(C)Oc2ccc(N(C(=O)[C@H]3CNC[C@@H](NC(=O)CCC(C)C)C3)C3CC3)cc21. The van der Waals surface area contributed by atoms with Crippen LogP contribution in [0.15, 0.2) is 18.2 Å². The van der Waals surface area contributed by atoms with E-state index in [2.05, 4.69) is 24.5 Å². The van der Waals surface area contributed by atoms with Crippen LogP contribution in [-0.4, -0.2) is 68.8 Å². The highest BCUT2D eigenvalue weighted by Crippen LogP contribution is 2.42. The number of fused-ring (bicyclic) bond motifs is 1. The van der Waals surface area contributed by atoms with Gasteiger partial charge in [-0.2, -0.15) is 0 Å². The van der Waals surface area contributed by atoms with E-state index in [-0.39, 0.29) is 35.7 Å². The van der Waals surface area contributed by atoms with E-state index in [4.69, 9.17) is 9.47 Å². The maximum atomic E-state index is 13.9. The second-order valence-corrected chi connectivity index (χ2v) is 11.8. The van der Waals surface area contributed by atoms with Crippen molar-refractivity contribution in [1.82, 2.24) is 10.6 Å². The third-order valence-electron chi connectivity index (χ3n) is 7.53. The Hall–Kier alpha value is -2.65. The van der Waals surface area contributed by atoms with Gasteiger partial charge in [-0.3, -0.25) is 14.4 Å². The van der Waals surface area contributed by atoms with E-state index >= 15 is 0 Å². The van der Waals surface area contributed by atoms with Gasteiger partial charge >= 0.3 is 0 Å². The number of piperidine rings is 1. The molecule has 0 bridgehead atoms. The Morgan fingerprint density at radius 2 is 2.03 bits per heavy atom. The van der Waals surface area contributed by atoms with E-state index in [0.717, 1.165) is 24.9 Å². The smallest absolute Gasteiger partial charge is 0.270 e. The molecule has 1 saturated carbocycles. The van der Waals surface area contributed by atoms with E-state index in [0.29, 0.717) is 62.9 Å². The molecule has 2 aliphatic heterocycles. The highest BCUT2D eigenvalue weighted by molar-refractivity contribution is 6.04. The van der Waals surface area contributed by atoms with Crippen molar-refractivity contribution in [2.75, 3.05) is 43.2 Å². The van der Waals surface area contributed by atoms with Gasteiger partial charge in [0.25, 0.3) is 5.91 Å². The minimum atomic E-state index is -0.962. The first-order chi connectivity index (χ1) is 18.1. The van der Waals surface area contributed by atoms with Crippen molar-refractivity contribution < 1.29 is 23.9 Å². The standard InChI is InChI=1S/C29H44N4O5/c1-19(2)7-12-26(34)31-21-15-20(17-30-18-21)27(35)33(22-8-9-22)23-10-11-25-24(16-23)32(13-6-14-37-5)28(36)29(3,4)38-25/h10-11,16,19-22,30H,6-9,12-15,17-18H2,1-5H3,(H,31,34)/t20-,21+/m1/s1. The number of anilines is 2. The minimum Gasteiger partial charge on any atom is -0.476 e. The minimum absolute atomic E-state index is 0.0495. The predicted molar refractivity (Wildman–Crippen MR) is 147 cm³/mol. The molecule has 0 unspecified atom stereocenters. The Bertz CT molecular complexity index is 1020. The van der Waals surface area contributed by atoms with Gasteiger partial charge in [-0.25, -0.2) is 0 Å². The summed E-state index contributed by atoms with van der Waals surface area (Å²) in [6.45, 7) is 10.1. The van der Waals surface area contributed by atoms with Crippen molar-refractivity contribution in [2.24, 2.45) is 11.8 Å². The molecular formula is C29H44N4O5. The van der Waals surface area contributed by atoms with Gasteiger partial charge in [0, 0.05) is 57.5 Å². The summed E-state index contributed by atoms with van der Waals surface area (Å²) in [5, 5.41) is 6.48. The van der Waals surface area contributed by atoms with Crippen molar-refractivity contribution in [1.29, 1.82) is 0 Å². The zero-order chi connectivity index (χ0) is 27.4. The molecule has 2 N–H and O–H groups in total. The molecule has 9 heteroatoms. The highest BCUT2D eigenvalue weighted by Gasteiger charge is 2.43. The number of carbonyl (C=O) groups excluding carboxylic acids is 3. The number of nitrogens with zero attached hydrogens (tertiary/aromatic N) is 2. The second kappa shape index (κ2) is 12.0. The highest BCUT2D eigenvalue weighted by atomic mass is 16.5. The maximum Gasteiger partial charge on any atom is 0.270 e. The van der Waals surface area contributed by atoms with Crippen molar-refractivity contribution in [3.8, 4) is 5.75 Å². The average Bonchev–Trinajstić information content (AvgIpc) is 3.71. The Labute approximate surface area is 226 Å². The molecule has 2 fully saturated rings. The number of hydrogen-bond acceptors (Lipinski definition) is 6. The molecule has 3 amide bonds. The molecule has 210 valence electrons. The second-order valence-electron chi connectivity index (χ2n) is 11.8. The van der Waals surface area contributed by atoms with Gasteiger partial charge in [-0.05, 0) is 70.1 Å². The van der Waals surface area contributed by atoms with E-state index in [1.807, 2.05) is 23.1 Å². The Kier molecular flexibility index (Phi) is 8.98. The number of hydrogen-bond donors (Lipinski definition) is 2. The molecule has 0 spiro atoms. The van der Waals surface area contributed by atoms with Crippen LogP contribution in [0, 0.1) is 11.8 Å². The first kappa shape index (κ1) is 28.4. The van der Waals surface area contributed by atoms with Gasteiger partial charge in [-0.15, -0.1) is 0 Å². The molecule has 1 aliphatic carbocycles. The summed E-state index contributed by atoms with van der Waals surface area (Å²) in [7, 11) is 1.65. The number of amides is 3. The fraction of sp³-hybridized carbons (Fsp3) is 0.690.